The number of hydrogen-bond acceptors (Lipinski definition) is 2. The van der Waals surface area contributed by atoms with E-state index in [-0.39, 0.29) is 0 Å². The van der Waals surface area contributed by atoms with Crippen molar-refractivity contribution in [2.45, 2.75) is 13.3 Å². The molecule has 0 aliphatic heterocycles. The minimum Gasteiger partial charge on any atom is -0.448 e. The molecule has 0 amide bonds. The average Bonchev–Trinajstić information content (AvgIpc) is 1.81. The van der Waals surface area contributed by atoms with Gasteiger partial charge >= 0.3 is 0 Å². The molecule has 0 aromatic carbocycles. The fraction of sp³-hybridized carbons (Fsp3) is 0.667. The van der Waals surface area contributed by atoms with Crippen molar-refractivity contribution in [1.29, 1.82) is 0 Å². The van der Waals surface area contributed by atoms with Gasteiger partial charge in [0.25, 0.3) is 0 Å². The molecule has 0 unspecified atom stereocenters. The fourth-order valence-corrected chi connectivity index (χ4v) is 0.224. The first-order chi connectivity index (χ1) is 3.91. The number of rotatable bonds is 2. The largest absolute Gasteiger partial charge is 0.448 e. The van der Waals surface area contributed by atoms with Crippen LogP contribution in [0.4, 0.5) is 0 Å². The Kier molecular flexibility index (Phi) is 5.51. The van der Waals surface area contributed by atoms with E-state index in [1.807, 2.05) is 6.92 Å². The molecule has 0 aliphatic carbocycles. The van der Waals surface area contributed by atoms with Crippen molar-refractivity contribution in [2.24, 2.45) is 0 Å². The van der Waals surface area contributed by atoms with Crippen molar-refractivity contribution in [2.75, 3.05) is 13.7 Å². The summed E-state index contributed by atoms with van der Waals surface area (Å²) in [6.07, 6.45) is 5.66. The van der Waals surface area contributed by atoms with Gasteiger partial charge in [0.2, 0.25) is 0 Å². The molecule has 0 bridgehead atoms. The molecule has 2 nitrogen and oxygen atoms in total. The van der Waals surface area contributed by atoms with Gasteiger partial charge in [-0.2, -0.15) is 0 Å². The number of hydrogen-bond donors (Lipinski definition) is 0. The zero-order chi connectivity index (χ0) is 6.24. The molecular formula is C6H10O2. The molecule has 0 aromatic rings. The molecule has 0 fully saturated rings. The van der Waals surface area contributed by atoms with E-state index in [0.29, 0.717) is 6.61 Å². The van der Waals surface area contributed by atoms with Crippen LogP contribution in [0.25, 0.3) is 0 Å². The summed E-state index contributed by atoms with van der Waals surface area (Å²) in [5.41, 5.74) is 0. The Bertz CT molecular complexity index is 88.4. The molecule has 0 saturated carbocycles. The Morgan fingerprint density at radius 3 is 2.62 bits per heavy atom. The maximum absolute atomic E-state index is 4.74. The van der Waals surface area contributed by atoms with Crippen LogP contribution < -0.4 is 0 Å². The summed E-state index contributed by atoms with van der Waals surface area (Å²) in [5, 5.41) is 0. The first kappa shape index (κ1) is 7.16. The van der Waals surface area contributed by atoms with Gasteiger partial charge in [0.15, 0.2) is 12.2 Å². The molecule has 0 aliphatic rings. The Hall–Kier alpha value is -0.840. The van der Waals surface area contributed by atoms with Gasteiger partial charge < -0.3 is 9.47 Å². The molecule has 0 spiro atoms. The van der Waals surface area contributed by atoms with Gasteiger partial charge in [-0.1, -0.05) is 6.92 Å². The topological polar surface area (TPSA) is 18.5 Å². The summed E-state index contributed by atoms with van der Waals surface area (Å²) in [7, 11) is 1.50. The Balaban J connectivity index is 2.90. The van der Waals surface area contributed by atoms with Crippen LogP contribution in [0, 0.1) is 12.2 Å². The third kappa shape index (κ3) is 5.16. The van der Waals surface area contributed by atoms with Crippen molar-refractivity contribution in [3.05, 3.63) is 0 Å². The maximum Gasteiger partial charge on any atom is 0.154 e. The van der Waals surface area contributed by atoms with Crippen molar-refractivity contribution in [1.82, 2.24) is 0 Å². The minimum atomic E-state index is 0.677. The van der Waals surface area contributed by atoms with Gasteiger partial charge in [-0.05, 0) is 6.42 Å². The van der Waals surface area contributed by atoms with Crippen LogP contribution in [0.2, 0.25) is 0 Å². The fourth-order valence-electron chi connectivity index (χ4n) is 0.224. The monoisotopic (exact) mass is 114 g/mol. The summed E-state index contributed by atoms with van der Waals surface area (Å²) in [5.74, 6) is 0. The SMILES string of the molecule is CCCOC#COC. The van der Waals surface area contributed by atoms with E-state index in [4.69, 9.17) is 4.74 Å². The van der Waals surface area contributed by atoms with Crippen molar-refractivity contribution >= 4 is 0 Å². The third-order valence-corrected chi connectivity index (χ3v) is 0.522. The van der Waals surface area contributed by atoms with Crippen molar-refractivity contribution in [3.8, 4) is 12.2 Å². The van der Waals surface area contributed by atoms with E-state index in [1.54, 1.807) is 0 Å². The van der Waals surface area contributed by atoms with Gasteiger partial charge in [0.05, 0.1) is 13.7 Å². The second-order valence-corrected chi connectivity index (χ2v) is 1.26. The van der Waals surface area contributed by atoms with Crippen LogP contribution in [0.15, 0.2) is 0 Å². The zero-order valence-electron chi connectivity index (χ0n) is 5.23. The Morgan fingerprint density at radius 1 is 1.38 bits per heavy atom. The number of ether oxygens (including phenoxy) is 2. The summed E-state index contributed by atoms with van der Waals surface area (Å²) in [6.45, 7) is 2.70. The van der Waals surface area contributed by atoms with Gasteiger partial charge in [-0.25, -0.2) is 0 Å². The van der Waals surface area contributed by atoms with Crippen LogP contribution in [0.3, 0.4) is 0 Å². The van der Waals surface area contributed by atoms with Gasteiger partial charge in [0.1, 0.15) is 0 Å². The van der Waals surface area contributed by atoms with Crippen LogP contribution in [0.1, 0.15) is 13.3 Å². The predicted molar refractivity (Wildman–Crippen MR) is 31.0 cm³/mol. The normalized spacial score (nSPS) is 6.75. The van der Waals surface area contributed by atoms with Crippen LogP contribution in [0.5, 0.6) is 0 Å². The molecule has 8 heavy (non-hydrogen) atoms. The van der Waals surface area contributed by atoms with E-state index in [1.165, 1.54) is 7.11 Å². The average molecular weight is 114 g/mol. The first-order valence-corrected chi connectivity index (χ1v) is 2.56. The molecule has 0 heterocycles. The lowest BCUT2D eigenvalue weighted by molar-refractivity contribution is 0.268. The standard InChI is InChI=1S/C6H10O2/c1-3-4-8-6-5-7-2/h3-4H2,1-2H3. The minimum absolute atomic E-state index is 0.677. The van der Waals surface area contributed by atoms with E-state index in [9.17, 15) is 0 Å². The highest BCUT2D eigenvalue weighted by Crippen LogP contribution is 1.74. The summed E-state index contributed by atoms with van der Waals surface area (Å²) in [4.78, 5) is 0. The molecule has 0 N–H and O–H groups in total. The highest BCUT2D eigenvalue weighted by Gasteiger charge is 1.72. The lowest BCUT2D eigenvalue weighted by atomic mass is 10.5. The summed E-state index contributed by atoms with van der Waals surface area (Å²) >= 11 is 0. The van der Waals surface area contributed by atoms with Gasteiger partial charge in [-0.3, -0.25) is 0 Å². The summed E-state index contributed by atoms with van der Waals surface area (Å²) in [6, 6.07) is 0. The van der Waals surface area contributed by atoms with E-state index in [2.05, 4.69) is 16.9 Å². The smallest absolute Gasteiger partial charge is 0.154 e. The molecule has 2 heteroatoms. The van der Waals surface area contributed by atoms with Crippen LogP contribution in [-0.2, 0) is 9.47 Å². The van der Waals surface area contributed by atoms with E-state index in [0.717, 1.165) is 6.42 Å². The molecule has 46 valence electrons. The lowest BCUT2D eigenvalue weighted by Crippen LogP contribution is -1.82. The van der Waals surface area contributed by atoms with E-state index >= 15 is 0 Å². The number of methoxy groups -OCH3 is 1. The van der Waals surface area contributed by atoms with Crippen LogP contribution >= 0.6 is 0 Å². The zero-order valence-corrected chi connectivity index (χ0v) is 5.23. The molecule has 0 aromatic heterocycles. The predicted octanol–water partition coefficient (Wildman–Crippen LogP) is 0.978. The van der Waals surface area contributed by atoms with Gasteiger partial charge in [0, 0.05) is 0 Å². The highest BCUT2D eigenvalue weighted by atomic mass is 16.5. The molecule has 0 radical (unpaired) electrons. The van der Waals surface area contributed by atoms with E-state index < -0.39 is 0 Å². The Labute approximate surface area is 49.8 Å². The quantitative estimate of drug-likeness (QED) is 0.393. The third-order valence-electron chi connectivity index (χ3n) is 0.522. The highest BCUT2D eigenvalue weighted by molar-refractivity contribution is 4.79. The second-order valence-electron chi connectivity index (χ2n) is 1.26. The van der Waals surface area contributed by atoms with Gasteiger partial charge in [-0.15, -0.1) is 0 Å². The Morgan fingerprint density at radius 2 is 2.12 bits per heavy atom. The second kappa shape index (κ2) is 6.16. The van der Waals surface area contributed by atoms with Crippen LogP contribution in [-0.4, -0.2) is 13.7 Å². The van der Waals surface area contributed by atoms with Crippen molar-refractivity contribution in [3.63, 3.8) is 0 Å². The summed E-state index contributed by atoms with van der Waals surface area (Å²) < 4.78 is 9.14. The lowest BCUT2D eigenvalue weighted by Gasteiger charge is -1.87. The molecule has 0 saturated heterocycles. The van der Waals surface area contributed by atoms with Crippen molar-refractivity contribution < 1.29 is 9.47 Å². The molecule has 0 atom stereocenters. The first-order valence-electron chi connectivity index (χ1n) is 2.56. The molecule has 0 rings (SSSR count). The maximum atomic E-state index is 4.74. The molecular weight excluding hydrogens is 104 g/mol.